The first-order chi connectivity index (χ1) is 34.5. The van der Waals surface area contributed by atoms with Crippen LogP contribution < -0.4 is 5.32 Å². The molecule has 0 aromatic heterocycles. The van der Waals surface area contributed by atoms with Crippen LogP contribution in [0.25, 0.3) is 0 Å². The first-order valence-corrected chi connectivity index (χ1v) is 31.3. The molecular formula is C64H121NO5. The largest absolute Gasteiger partial charge is 0.466 e. The Bertz CT molecular complexity index is 1130. The van der Waals surface area contributed by atoms with Gasteiger partial charge >= 0.3 is 5.97 Å². The third-order valence-electron chi connectivity index (χ3n) is 14.4. The maximum Gasteiger partial charge on any atom is 0.305 e. The lowest BCUT2D eigenvalue weighted by molar-refractivity contribution is -0.143. The predicted molar refractivity (Wildman–Crippen MR) is 306 cm³/mol. The summed E-state index contributed by atoms with van der Waals surface area (Å²) in [5.74, 6) is -0.0937. The molecule has 0 rings (SSSR count). The number of allylic oxidation sites excluding steroid dienone is 5. The smallest absolute Gasteiger partial charge is 0.305 e. The first kappa shape index (κ1) is 68.1. The molecule has 0 aromatic carbocycles. The summed E-state index contributed by atoms with van der Waals surface area (Å²) in [5, 5.41) is 23.2. The Hall–Kier alpha value is -1.92. The Kier molecular flexibility index (Phi) is 58.0. The summed E-state index contributed by atoms with van der Waals surface area (Å²) >= 11 is 0. The molecule has 412 valence electrons. The van der Waals surface area contributed by atoms with E-state index in [0.29, 0.717) is 19.4 Å². The molecule has 1 amide bonds. The molecule has 6 nitrogen and oxygen atoms in total. The minimum absolute atomic E-state index is 0.0175. The summed E-state index contributed by atoms with van der Waals surface area (Å²) < 4.78 is 5.46. The Morgan fingerprint density at radius 1 is 0.400 bits per heavy atom. The van der Waals surface area contributed by atoms with Crippen LogP contribution in [0.5, 0.6) is 0 Å². The molecule has 0 aliphatic carbocycles. The van der Waals surface area contributed by atoms with Gasteiger partial charge in [-0.1, -0.05) is 301 Å². The Labute approximate surface area is 436 Å². The third kappa shape index (κ3) is 55.4. The number of hydrogen-bond donors (Lipinski definition) is 3. The average molecular weight is 985 g/mol. The van der Waals surface area contributed by atoms with Gasteiger partial charge in [0, 0.05) is 12.8 Å². The molecule has 70 heavy (non-hydrogen) atoms. The summed E-state index contributed by atoms with van der Waals surface area (Å²) in [6, 6.07) is -0.638. The van der Waals surface area contributed by atoms with Crippen LogP contribution in [-0.2, 0) is 14.3 Å². The lowest BCUT2D eigenvalue weighted by Crippen LogP contribution is -2.45. The van der Waals surface area contributed by atoms with Gasteiger partial charge in [-0.15, -0.1) is 0 Å². The van der Waals surface area contributed by atoms with Crippen molar-refractivity contribution in [2.45, 2.75) is 347 Å². The highest BCUT2D eigenvalue weighted by Crippen LogP contribution is 2.18. The van der Waals surface area contributed by atoms with Crippen molar-refractivity contribution >= 4 is 11.9 Å². The molecule has 0 aliphatic rings. The van der Waals surface area contributed by atoms with Crippen LogP contribution in [0.15, 0.2) is 36.5 Å². The quantitative estimate of drug-likeness (QED) is 0.0321. The van der Waals surface area contributed by atoms with Crippen LogP contribution >= 0.6 is 0 Å². The van der Waals surface area contributed by atoms with Crippen LogP contribution in [0.3, 0.4) is 0 Å². The van der Waals surface area contributed by atoms with Gasteiger partial charge in [0.2, 0.25) is 5.91 Å². The zero-order valence-electron chi connectivity index (χ0n) is 47.0. The highest BCUT2D eigenvalue weighted by Gasteiger charge is 2.18. The number of amides is 1. The molecule has 0 heterocycles. The standard InChI is InChI=1S/C64H121NO5/c1-3-5-7-9-11-13-15-17-19-20-21-22-23-24-25-26-27-28-29-32-36-40-44-48-52-56-62(67)61(60-66)65-63(68)57-53-49-45-41-37-33-30-31-35-39-43-47-51-55-59-70-64(69)58-54-50-46-42-38-34-18-16-14-12-10-8-6-4-2/h10,12,16,18,52,56,61-62,66-67H,3-9,11,13-15,17,19-51,53-55,57-60H2,1-2H3,(H,65,68)/b12-10-,18-16-,56-52+. The van der Waals surface area contributed by atoms with Crippen molar-refractivity contribution in [3.63, 3.8) is 0 Å². The molecule has 0 spiro atoms. The molecular weight excluding hydrogens is 863 g/mol. The Balaban J connectivity index is 3.48. The minimum Gasteiger partial charge on any atom is -0.466 e. The van der Waals surface area contributed by atoms with E-state index in [2.05, 4.69) is 43.5 Å². The molecule has 0 bridgehead atoms. The highest BCUT2D eigenvalue weighted by atomic mass is 16.5. The van der Waals surface area contributed by atoms with Gasteiger partial charge in [-0.3, -0.25) is 9.59 Å². The lowest BCUT2D eigenvalue weighted by Gasteiger charge is -2.20. The Morgan fingerprint density at radius 2 is 0.729 bits per heavy atom. The molecule has 0 saturated heterocycles. The number of esters is 1. The Morgan fingerprint density at radius 3 is 1.13 bits per heavy atom. The molecule has 0 aromatic rings. The fourth-order valence-electron chi connectivity index (χ4n) is 9.59. The van der Waals surface area contributed by atoms with Gasteiger partial charge in [-0.2, -0.15) is 0 Å². The molecule has 0 aliphatic heterocycles. The fraction of sp³-hybridized carbons (Fsp3) is 0.875. The van der Waals surface area contributed by atoms with Crippen molar-refractivity contribution in [3.05, 3.63) is 36.5 Å². The SMILES string of the molecule is CCCC/C=C\C/C=C\CCCCCCCC(=O)OCCCCCCCCCCCCCCCCC(=O)NC(CO)C(O)/C=C/CCCCCCCCCCCCCCCCCCCCCCCCC. The van der Waals surface area contributed by atoms with E-state index in [1.54, 1.807) is 6.08 Å². The van der Waals surface area contributed by atoms with E-state index in [9.17, 15) is 19.8 Å². The van der Waals surface area contributed by atoms with Gasteiger partial charge in [0.05, 0.1) is 25.4 Å². The summed E-state index contributed by atoms with van der Waals surface area (Å²) in [4.78, 5) is 24.5. The number of ether oxygens (including phenoxy) is 1. The van der Waals surface area contributed by atoms with Gasteiger partial charge < -0.3 is 20.3 Å². The second-order valence-electron chi connectivity index (χ2n) is 21.4. The number of nitrogens with one attached hydrogen (secondary N) is 1. The average Bonchev–Trinajstić information content (AvgIpc) is 3.36. The lowest BCUT2D eigenvalue weighted by atomic mass is 10.0. The molecule has 0 saturated carbocycles. The molecule has 3 N–H and O–H groups in total. The zero-order valence-corrected chi connectivity index (χ0v) is 47.0. The topological polar surface area (TPSA) is 95.9 Å². The van der Waals surface area contributed by atoms with E-state index in [-0.39, 0.29) is 18.5 Å². The van der Waals surface area contributed by atoms with E-state index < -0.39 is 12.1 Å². The van der Waals surface area contributed by atoms with Crippen molar-refractivity contribution in [3.8, 4) is 0 Å². The van der Waals surface area contributed by atoms with Crippen molar-refractivity contribution in [2.24, 2.45) is 0 Å². The van der Waals surface area contributed by atoms with Crippen molar-refractivity contribution in [2.75, 3.05) is 13.2 Å². The number of rotatable bonds is 58. The van der Waals surface area contributed by atoms with E-state index in [4.69, 9.17) is 4.74 Å². The molecule has 2 unspecified atom stereocenters. The van der Waals surface area contributed by atoms with Gasteiger partial charge in [0.15, 0.2) is 0 Å². The van der Waals surface area contributed by atoms with Crippen LogP contribution in [0.4, 0.5) is 0 Å². The number of carbonyl (C=O) groups is 2. The second-order valence-corrected chi connectivity index (χ2v) is 21.4. The summed E-state index contributed by atoms with van der Waals surface area (Å²) in [6.07, 6.45) is 74.6. The number of aliphatic hydroxyl groups excluding tert-OH is 2. The van der Waals surface area contributed by atoms with Crippen molar-refractivity contribution in [1.29, 1.82) is 0 Å². The normalized spacial score (nSPS) is 12.8. The van der Waals surface area contributed by atoms with Crippen LogP contribution in [-0.4, -0.2) is 47.4 Å². The third-order valence-corrected chi connectivity index (χ3v) is 14.4. The van der Waals surface area contributed by atoms with Crippen molar-refractivity contribution in [1.82, 2.24) is 5.32 Å². The van der Waals surface area contributed by atoms with E-state index in [0.717, 1.165) is 64.2 Å². The van der Waals surface area contributed by atoms with Gasteiger partial charge in [0.25, 0.3) is 0 Å². The second kappa shape index (κ2) is 59.6. The van der Waals surface area contributed by atoms with Gasteiger partial charge in [-0.05, 0) is 57.8 Å². The highest BCUT2D eigenvalue weighted by molar-refractivity contribution is 5.76. The van der Waals surface area contributed by atoms with Gasteiger partial charge in [0.1, 0.15) is 0 Å². The monoisotopic (exact) mass is 984 g/mol. The zero-order chi connectivity index (χ0) is 50.7. The minimum atomic E-state index is -0.854. The van der Waals surface area contributed by atoms with E-state index in [1.165, 1.54) is 244 Å². The van der Waals surface area contributed by atoms with Crippen LogP contribution in [0, 0.1) is 0 Å². The number of hydrogen-bond acceptors (Lipinski definition) is 5. The number of unbranched alkanes of at least 4 members (excludes halogenated alkanes) is 43. The van der Waals surface area contributed by atoms with Crippen molar-refractivity contribution < 1.29 is 24.5 Å². The molecule has 2 atom stereocenters. The van der Waals surface area contributed by atoms with Crippen LogP contribution in [0.1, 0.15) is 335 Å². The van der Waals surface area contributed by atoms with E-state index in [1.807, 2.05) is 6.08 Å². The first-order valence-electron chi connectivity index (χ1n) is 31.3. The summed E-state index contributed by atoms with van der Waals surface area (Å²) in [5.41, 5.74) is 0. The fourth-order valence-corrected chi connectivity index (χ4v) is 9.59. The summed E-state index contributed by atoms with van der Waals surface area (Å²) in [7, 11) is 0. The number of carbonyl (C=O) groups excluding carboxylic acids is 2. The number of aliphatic hydroxyl groups is 2. The molecule has 0 fully saturated rings. The molecule has 6 heteroatoms. The maximum absolute atomic E-state index is 12.5. The summed E-state index contributed by atoms with van der Waals surface area (Å²) in [6.45, 7) is 4.85. The van der Waals surface area contributed by atoms with Crippen LogP contribution in [0.2, 0.25) is 0 Å². The van der Waals surface area contributed by atoms with Gasteiger partial charge in [-0.25, -0.2) is 0 Å². The molecule has 0 radical (unpaired) electrons. The van der Waals surface area contributed by atoms with E-state index >= 15 is 0 Å². The predicted octanol–water partition coefficient (Wildman–Crippen LogP) is 19.6. The maximum atomic E-state index is 12.5.